The van der Waals surface area contributed by atoms with Crippen molar-refractivity contribution >= 4 is 29.0 Å². The minimum atomic E-state index is 0.0855. The molecule has 0 bridgehead atoms. The number of hydrogen-bond donors (Lipinski definition) is 2. The zero-order valence-corrected chi connectivity index (χ0v) is 13.6. The lowest BCUT2D eigenvalue weighted by Gasteiger charge is -2.09. The van der Waals surface area contributed by atoms with Gasteiger partial charge in [0.25, 0.3) is 0 Å². The Hall–Kier alpha value is -1.16. The number of amides is 1. The van der Waals surface area contributed by atoms with E-state index in [1.807, 2.05) is 36.9 Å². The molecule has 1 aromatic rings. The highest BCUT2D eigenvalue weighted by Gasteiger charge is 2.05. The largest absolute Gasteiger partial charge is 0.399 e. The lowest BCUT2D eigenvalue weighted by molar-refractivity contribution is -0.116. The van der Waals surface area contributed by atoms with E-state index < -0.39 is 0 Å². The molecule has 20 heavy (non-hydrogen) atoms. The highest BCUT2D eigenvalue weighted by molar-refractivity contribution is 7.99. The Bertz CT molecular complexity index is 432. The molecule has 0 saturated carbocycles. The number of thioether (sulfide) groups is 1. The van der Waals surface area contributed by atoms with Crippen LogP contribution >= 0.6 is 11.8 Å². The predicted octanol–water partition coefficient (Wildman–Crippen LogP) is 4.08. The topological polar surface area (TPSA) is 55.1 Å². The van der Waals surface area contributed by atoms with Gasteiger partial charge in [-0.2, -0.15) is 11.8 Å². The lowest BCUT2D eigenvalue weighted by atomic mass is 10.1. The molecular formula is C16H26N2OS. The molecule has 0 atom stereocenters. The molecule has 1 aromatic carbocycles. The van der Waals surface area contributed by atoms with Gasteiger partial charge in [-0.3, -0.25) is 4.79 Å². The number of nitrogens with one attached hydrogen (secondary N) is 1. The molecule has 0 spiro atoms. The first-order valence-electron chi connectivity index (χ1n) is 7.22. The number of nitrogen functional groups attached to an aromatic ring is 1. The maximum atomic E-state index is 11.8. The van der Waals surface area contributed by atoms with Crippen LogP contribution in [0.2, 0.25) is 0 Å². The Morgan fingerprint density at radius 3 is 2.75 bits per heavy atom. The van der Waals surface area contributed by atoms with Crippen molar-refractivity contribution in [1.82, 2.24) is 0 Å². The van der Waals surface area contributed by atoms with Crippen molar-refractivity contribution < 1.29 is 4.79 Å². The van der Waals surface area contributed by atoms with Crippen LogP contribution in [0.15, 0.2) is 18.2 Å². The van der Waals surface area contributed by atoms with Crippen LogP contribution in [0.1, 0.15) is 38.7 Å². The predicted molar refractivity (Wildman–Crippen MR) is 90.2 cm³/mol. The minimum absolute atomic E-state index is 0.0855. The van der Waals surface area contributed by atoms with Gasteiger partial charge in [-0.15, -0.1) is 0 Å². The van der Waals surface area contributed by atoms with Crippen molar-refractivity contribution in [2.75, 3.05) is 22.6 Å². The highest BCUT2D eigenvalue weighted by atomic mass is 32.2. The smallest absolute Gasteiger partial charge is 0.224 e. The Labute approximate surface area is 126 Å². The molecule has 0 heterocycles. The average molecular weight is 294 g/mol. The van der Waals surface area contributed by atoms with Crippen molar-refractivity contribution in [3.8, 4) is 0 Å². The zero-order chi connectivity index (χ0) is 15.0. The van der Waals surface area contributed by atoms with Gasteiger partial charge in [0.2, 0.25) is 5.91 Å². The molecule has 3 N–H and O–H groups in total. The van der Waals surface area contributed by atoms with Gasteiger partial charge < -0.3 is 11.1 Å². The van der Waals surface area contributed by atoms with Crippen LogP contribution in [-0.2, 0) is 4.79 Å². The van der Waals surface area contributed by atoms with E-state index in [-0.39, 0.29) is 5.91 Å². The Morgan fingerprint density at radius 2 is 2.10 bits per heavy atom. The average Bonchev–Trinajstić information content (AvgIpc) is 2.36. The summed E-state index contributed by atoms with van der Waals surface area (Å²) in [7, 11) is 0. The molecule has 0 aliphatic rings. The molecule has 0 aliphatic heterocycles. The van der Waals surface area contributed by atoms with E-state index in [0.29, 0.717) is 6.42 Å². The summed E-state index contributed by atoms with van der Waals surface area (Å²) in [5, 5.41) is 2.94. The number of anilines is 2. The molecule has 1 amide bonds. The van der Waals surface area contributed by atoms with E-state index in [9.17, 15) is 4.79 Å². The summed E-state index contributed by atoms with van der Waals surface area (Å²) < 4.78 is 0. The number of hydrogen-bond acceptors (Lipinski definition) is 3. The SMILES string of the molecule is Cc1cc(N)ccc1NC(=O)CCCSCCC(C)C. The molecule has 0 unspecified atom stereocenters. The van der Waals surface area contributed by atoms with E-state index in [1.165, 1.54) is 12.2 Å². The summed E-state index contributed by atoms with van der Waals surface area (Å²) in [5.41, 5.74) is 8.28. The highest BCUT2D eigenvalue weighted by Crippen LogP contribution is 2.18. The van der Waals surface area contributed by atoms with Gasteiger partial charge in [0.15, 0.2) is 0 Å². The number of carbonyl (C=O) groups excluding carboxylic acids is 1. The monoisotopic (exact) mass is 294 g/mol. The van der Waals surface area contributed by atoms with Crippen LogP contribution in [0, 0.1) is 12.8 Å². The molecule has 0 aliphatic carbocycles. The Morgan fingerprint density at radius 1 is 1.35 bits per heavy atom. The standard InChI is InChI=1S/C16H26N2OS/c1-12(2)8-10-20-9-4-5-16(19)18-15-7-6-14(17)11-13(15)3/h6-7,11-12H,4-5,8-10,17H2,1-3H3,(H,18,19). The van der Waals surface area contributed by atoms with E-state index in [2.05, 4.69) is 19.2 Å². The first-order chi connectivity index (χ1) is 9.49. The summed E-state index contributed by atoms with van der Waals surface area (Å²) in [6.45, 7) is 6.43. The fraction of sp³-hybridized carbons (Fsp3) is 0.562. The van der Waals surface area contributed by atoms with Crippen LogP contribution in [0.25, 0.3) is 0 Å². The number of rotatable bonds is 8. The molecule has 0 fully saturated rings. The van der Waals surface area contributed by atoms with Gasteiger partial charge >= 0.3 is 0 Å². The van der Waals surface area contributed by atoms with Gasteiger partial charge in [-0.05, 0) is 61.0 Å². The third-order valence-electron chi connectivity index (χ3n) is 3.06. The van der Waals surface area contributed by atoms with Gasteiger partial charge in [-0.25, -0.2) is 0 Å². The fourth-order valence-electron chi connectivity index (χ4n) is 1.80. The second kappa shape index (κ2) is 8.90. The number of nitrogens with two attached hydrogens (primary N) is 1. The van der Waals surface area contributed by atoms with Crippen LogP contribution in [0.3, 0.4) is 0 Å². The normalized spacial score (nSPS) is 10.8. The zero-order valence-electron chi connectivity index (χ0n) is 12.7. The van der Waals surface area contributed by atoms with Crippen molar-refractivity contribution in [3.05, 3.63) is 23.8 Å². The maximum absolute atomic E-state index is 11.8. The fourth-order valence-corrected chi connectivity index (χ4v) is 2.99. The molecule has 3 nitrogen and oxygen atoms in total. The van der Waals surface area contributed by atoms with Crippen molar-refractivity contribution in [1.29, 1.82) is 0 Å². The van der Waals surface area contributed by atoms with Crippen LogP contribution in [0.4, 0.5) is 11.4 Å². The summed E-state index contributed by atoms with van der Waals surface area (Å²) in [6, 6.07) is 5.54. The summed E-state index contributed by atoms with van der Waals surface area (Å²) in [4.78, 5) is 11.8. The van der Waals surface area contributed by atoms with Crippen LogP contribution < -0.4 is 11.1 Å². The molecule has 1 rings (SSSR count). The third-order valence-corrected chi connectivity index (χ3v) is 4.16. The van der Waals surface area contributed by atoms with Crippen molar-refractivity contribution in [3.63, 3.8) is 0 Å². The molecule has 0 aromatic heterocycles. The minimum Gasteiger partial charge on any atom is -0.399 e. The second-order valence-electron chi connectivity index (χ2n) is 5.52. The van der Waals surface area contributed by atoms with Crippen LogP contribution in [-0.4, -0.2) is 17.4 Å². The van der Waals surface area contributed by atoms with E-state index in [0.717, 1.165) is 35.0 Å². The third kappa shape index (κ3) is 6.85. The van der Waals surface area contributed by atoms with Gasteiger partial charge in [0.05, 0.1) is 0 Å². The van der Waals surface area contributed by atoms with Crippen LogP contribution in [0.5, 0.6) is 0 Å². The second-order valence-corrected chi connectivity index (χ2v) is 6.75. The molecule has 4 heteroatoms. The Kier molecular flexibility index (Phi) is 7.52. The number of benzene rings is 1. The van der Waals surface area contributed by atoms with Gasteiger partial charge in [0, 0.05) is 17.8 Å². The number of aryl methyl sites for hydroxylation is 1. The van der Waals surface area contributed by atoms with E-state index in [1.54, 1.807) is 0 Å². The van der Waals surface area contributed by atoms with E-state index >= 15 is 0 Å². The van der Waals surface area contributed by atoms with Crippen molar-refractivity contribution in [2.45, 2.75) is 40.0 Å². The van der Waals surface area contributed by atoms with Crippen molar-refractivity contribution in [2.24, 2.45) is 5.92 Å². The molecular weight excluding hydrogens is 268 g/mol. The first-order valence-corrected chi connectivity index (χ1v) is 8.38. The van der Waals surface area contributed by atoms with Gasteiger partial charge in [0.1, 0.15) is 0 Å². The molecule has 0 saturated heterocycles. The molecule has 112 valence electrons. The number of carbonyl (C=O) groups is 1. The Balaban J connectivity index is 2.20. The summed E-state index contributed by atoms with van der Waals surface area (Å²) in [5.74, 6) is 3.10. The first kappa shape index (κ1) is 16.9. The van der Waals surface area contributed by atoms with E-state index in [4.69, 9.17) is 5.73 Å². The quantitative estimate of drug-likeness (QED) is 0.561. The summed E-state index contributed by atoms with van der Waals surface area (Å²) >= 11 is 1.94. The van der Waals surface area contributed by atoms with Gasteiger partial charge in [-0.1, -0.05) is 13.8 Å². The lowest BCUT2D eigenvalue weighted by Crippen LogP contribution is -2.12. The molecule has 0 radical (unpaired) electrons. The summed E-state index contributed by atoms with van der Waals surface area (Å²) in [6.07, 6.45) is 2.77. The maximum Gasteiger partial charge on any atom is 0.224 e.